The van der Waals surface area contributed by atoms with Crippen LogP contribution in [-0.4, -0.2) is 27.8 Å². The molecule has 1 heterocycles. The Balaban J connectivity index is 1.76. The molecule has 2 atom stereocenters. The third kappa shape index (κ3) is 4.41. The van der Waals surface area contributed by atoms with Gasteiger partial charge >= 0.3 is 0 Å². The second-order valence-corrected chi connectivity index (χ2v) is 8.74. The fourth-order valence-electron chi connectivity index (χ4n) is 3.35. The molecular weight excluding hydrogens is 334 g/mol. The monoisotopic (exact) mass is 359 g/mol. The summed E-state index contributed by atoms with van der Waals surface area (Å²) in [5.74, 6) is 0.309. The summed E-state index contributed by atoms with van der Waals surface area (Å²) in [7, 11) is -3.25. The van der Waals surface area contributed by atoms with Crippen LogP contribution in [0.25, 0.3) is 0 Å². The van der Waals surface area contributed by atoms with E-state index >= 15 is 0 Å². The van der Waals surface area contributed by atoms with Crippen LogP contribution in [0, 0.1) is 12.8 Å². The molecule has 1 fully saturated rings. The second-order valence-electron chi connectivity index (χ2n) is 6.75. The number of aryl methyl sites for hydroxylation is 1. The van der Waals surface area contributed by atoms with E-state index in [-0.39, 0.29) is 6.10 Å². The van der Waals surface area contributed by atoms with Crippen molar-refractivity contribution in [1.82, 2.24) is 0 Å². The smallest absolute Gasteiger partial charge is 0.177 e. The highest BCUT2D eigenvalue weighted by Gasteiger charge is 2.27. The number of sulfone groups is 1. The van der Waals surface area contributed by atoms with Crippen LogP contribution in [0.1, 0.15) is 30.1 Å². The predicted octanol–water partition coefficient (Wildman–Crippen LogP) is 3.98. The number of benzene rings is 2. The van der Waals surface area contributed by atoms with Crippen LogP contribution < -0.4 is 5.32 Å². The molecule has 1 aliphatic heterocycles. The van der Waals surface area contributed by atoms with Crippen LogP contribution in [0.3, 0.4) is 0 Å². The Morgan fingerprint density at radius 2 is 1.84 bits per heavy atom. The molecule has 0 bridgehead atoms. The first-order valence-corrected chi connectivity index (χ1v) is 10.6. The standard InChI is InChI=1S/C20H25NO3S/c1-15-9-11-16(12-10-15)20-17(6-5-13-24-20)14-21-18-7-3-4-8-19(18)25(2,22)23/h3-4,7-12,17,20-21H,5-6,13-14H2,1-2H3. The molecule has 25 heavy (non-hydrogen) atoms. The third-order valence-electron chi connectivity index (χ3n) is 4.69. The normalized spacial score (nSPS) is 21.0. The molecule has 134 valence electrons. The van der Waals surface area contributed by atoms with Gasteiger partial charge in [0.1, 0.15) is 0 Å². The third-order valence-corrected chi connectivity index (χ3v) is 5.85. The van der Waals surface area contributed by atoms with Crippen molar-refractivity contribution in [2.45, 2.75) is 30.8 Å². The van der Waals surface area contributed by atoms with E-state index in [2.05, 4.69) is 36.5 Å². The Kier molecular flexibility index (Phi) is 5.45. The lowest BCUT2D eigenvalue weighted by Crippen LogP contribution is -2.28. The quantitative estimate of drug-likeness (QED) is 0.877. The van der Waals surface area contributed by atoms with E-state index in [1.165, 1.54) is 17.4 Å². The Labute approximate surface area is 150 Å². The van der Waals surface area contributed by atoms with Crippen molar-refractivity contribution in [3.05, 3.63) is 59.7 Å². The van der Waals surface area contributed by atoms with Gasteiger partial charge in [-0.1, -0.05) is 42.0 Å². The molecule has 3 rings (SSSR count). The highest BCUT2D eigenvalue weighted by atomic mass is 32.2. The second kappa shape index (κ2) is 7.58. The summed E-state index contributed by atoms with van der Waals surface area (Å²) >= 11 is 0. The summed E-state index contributed by atoms with van der Waals surface area (Å²) in [5.41, 5.74) is 3.09. The number of hydrogen-bond acceptors (Lipinski definition) is 4. The van der Waals surface area contributed by atoms with Gasteiger partial charge in [0.15, 0.2) is 9.84 Å². The van der Waals surface area contributed by atoms with Crippen LogP contribution in [0.2, 0.25) is 0 Å². The van der Waals surface area contributed by atoms with Gasteiger partial charge in [-0.05, 0) is 37.5 Å². The Morgan fingerprint density at radius 3 is 2.56 bits per heavy atom. The van der Waals surface area contributed by atoms with Gasteiger partial charge in [-0.3, -0.25) is 0 Å². The molecule has 0 aliphatic carbocycles. The predicted molar refractivity (Wildman–Crippen MR) is 101 cm³/mol. The first-order chi connectivity index (χ1) is 11.9. The maximum atomic E-state index is 12.0. The molecule has 0 saturated carbocycles. The van der Waals surface area contributed by atoms with Crippen molar-refractivity contribution in [2.24, 2.45) is 5.92 Å². The fourth-order valence-corrected chi connectivity index (χ4v) is 4.22. The molecule has 0 amide bonds. The molecule has 2 unspecified atom stereocenters. The average Bonchev–Trinajstić information content (AvgIpc) is 2.60. The van der Waals surface area contributed by atoms with Gasteiger partial charge in [0, 0.05) is 25.3 Å². The van der Waals surface area contributed by atoms with Crippen molar-refractivity contribution in [3.63, 3.8) is 0 Å². The lowest BCUT2D eigenvalue weighted by molar-refractivity contribution is -0.0238. The molecular formula is C20H25NO3S. The summed E-state index contributed by atoms with van der Waals surface area (Å²) in [6.45, 7) is 3.53. The first kappa shape index (κ1) is 18.0. The topological polar surface area (TPSA) is 55.4 Å². The molecule has 0 radical (unpaired) electrons. The largest absolute Gasteiger partial charge is 0.384 e. The van der Waals surface area contributed by atoms with Gasteiger partial charge < -0.3 is 10.1 Å². The molecule has 0 aromatic heterocycles. The summed E-state index contributed by atoms with van der Waals surface area (Å²) in [6, 6.07) is 15.5. The molecule has 1 saturated heterocycles. The zero-order valence-corrected chi connectivity index (χ0v) is 15.6. The van der Waals surface area contributed by atoms with Crippen LogP contribution >= 0.6 is 0 Å². The summed E-state index contributed by atoms with van der Waals surface area (Å²) in [4.78, 5) is 0.346. The molecule has 1 aliphatic rings. The number of anilines is 1. The van der Waals surface area contributed by atoms with E-state index in [1.54, 1.807) is 12.1 Å². The number of para-hydroxylation sites is 1. The number of hydrogen-bond donors (Lipinski definition) is 1. The lowest BCUT2D eigenvalue weighted by atomic mass is 9.89. The molecule has 2 aromatic carbocycles. The van der Waals surface area contributed by atoms with Crippen LogP contribution in [0.15, 0.2) is 53.4 Å². The van der Waals surface area contributed by atoms with Gasteiger partial charge in [-0.15, -0.1) is 0 Å². The minimum absolute atomic E-state index is 0.0484. The van der Waals surface area contributed by atoms with E-state index in [0.717, 1.165) is 19.4 Å². The minimum atomic E-state index is -3.25. The van der Waals surface area contributed by atoms with Crippen molar-refractivity contribution >= 4 is 15.5 Å². The van der Waals surface area contributed by atoms with E-state index in [4.69, 9.17) is 4.74 Å². The number of nitrogens with one attached hydrogen (secondary N) is 1. The maximum absolute atomic E-state index is 12.0. The van der Waals surface area contributed by atoms with Gasteiger partial charge in [0.05, 0.1) is 16.7 Å². The fraction of sp³-hybridized carbons (Fsp3) is 0.400. The maximum Gasteiger partial charge on any atom is 0.177 e. The van der Waals surface area contributed by atoms with Crippen molar-refractivity contribution in [2.75, 3.05) is 24.7 Å². The van der Waals surface area contributed by atoms with E-state index in [1.807, 2.05) is 12.1 Å². The number of rotatable bonds is 5. The van der Waals surface area contributed by atoms with Crippen LogP contribution in [-0.2, 0) is 14.6 Å². The Bertz CT molecular complexity index is 815. The van der Waals surface area contributed by atoms with E-state index < -0.39 is 9.84 Å². The first-order valence-electron chi connectivity index (χ1n) is 8.66. The van der Waals surface area contributed by atoms with Crippen LogP contribution in [0.4, 0.5) is 5.69 Å². The highest BCUT2D eigenvalue weighted by molar-refractivity contribution is 7.90. The van der Waals surface area contributed by atoms with Gasteiger partial charge in [0.25, 0.3) is 0 Å². The zero-order valence-electron chi connectivity index (χ0n) is 14.7. The minimum Gasteiger partial charge on any atom is -0.384 e. The van der Waals surface area contributed by atoms with Crippen molar-refractivity contribution < 1.29 is 13.2 Å². The van der Waals surface area contributed by atoms with Crippen molar-refractivity contribution in [1.29, 1.82) is 0 Å². The van der Waals surface area contributed by atoms with Crippen LogP contribution in [0.5, 0.6) is 0 Å². The van der Waals surface area contributed by atoms with Gasteiger partial charge in [-0.2, -0.15) is 0 Å². The van der Waals surface area contributed by atoms with E-state index in [9.17, 15) is 8.42 Å². The molecule has 5 heteroatoms. The molecule has 0 spiro atoms. The lowest BCUT2D eigenvalue weighted by Gasteiger charge is -2.32. The molecule has 2 aromatic rings. The summed E-state index contributed by atoms with van der Waals surface area (Å²) < 4.78 is 30.0. The summed E-state index contributed by atoms with van der Waals surface area (Å²) in [6.07, 6.45) is 3.38. The van der Waals surface area contributed by atoms with E-state index in [0.29, 0.717) is 23.0 Å². The number of ether oxygens (including phenoxy) is 1. The molecule has 4 nitrogen and oxygen atoms in total. The summed E-state index contributed by atoms with van der Waals surface area (Å²) in [5, 5.41) is 3.34. The zero-order chi connectivity index (χ0) is 17.9. The molecule has 1 N–H and O–H groups in total. The van der Waals surface area contributed by atoms with Gasteiger partial charge in [0.2, 0.25) is 0 Å². The SMILES string of the molecule is Cc1ccc(C2OCCCC2CNc2ccccc2S(C)(=O)=O)cc1. The Morgan fingerprint density at radius 1 is 1.12 bits per heavy atom. The average molecular weight is 359 g/mol. The van der Waals surface area contributed by atoms with Gasteiger partial charge in [-0.25, -0.2) is 8.42 Å². The Hall–Kier alpha value is -1.85. The van der Waals surface area contributed by atoms with Crippen molar-refractivity contribution in [3.8, 4) is 0 Å². The highest BCUT2D eigenvalue weighted by Crippen LogP contribution is 2.34.